The predicted octanol–water partition coefficient (Wildman–Crippen LogP) is 4.60. The van der Waals surface area contributed by atoms with Crippen molar-refractivity contribution in [3.63, 3.8) is 0 Å². The van der Waals surface area contributed by atoms with Crippen molar-refractivity contribution >= 4 is 0 Å². The summed E-state index contributed by atoms with van der Waals surface area (Å²) in [5.74, 6) is 0.609. The van der Waals surface area contributed by atoms with E-state index >= 15 is 0 Å². The topological polar surface area (TPSA) is 21.7 Å². The van der Waals surface area contributed by atoms with E-state index in [9.17, 15) is 0 Å². The molecule has 2 saturated heterocycles. The first-order chi connectivity index (χ1) is 11.0. The molecule has 0 radical (unpaired) electrons. The number of hydrogen-bond donors (Lipinski definition) is 0. The van der Waals surface area contributed by atoms with E-state index in [1.807, 2.05) is 0 Å². The maximum Gasteiger partial charge on any atom is 0.168 e. The Morgan fingerprint density at radius 2 is 1.83 bits per heavy atom. The zero-order valence-corrected chi connectivity index (χ0v) is 15.6. The second-order valence-corrected chi connectivity index (χ2v) is 8.77. The summed E-state index contributed by atoms with van der Waals surface area (Å²) in [5.41, 5.74) is 0.468. The van der Waals surface area contributed by atoms with Gasteiger partial charge in [-0.05, 0) is 69.5 Å². The van der Waals surface area contributed by atoms with E-state index in [2.05, 4.69) is 25.7 Å². The summed E-state index contributed by atoms with van der Waals surface area (Å²) in [5, 5.41) is 0. The molecular weight excluding hydrogens is 286 g/mol. The Hall–Kier alpha value is -0.120. The van der Waals surface area contributed by atoms with Gasteiger partial charge in [0.15, 0.2) is 5.79 Å². The van der Waals surface area contributed by atoms with Crippen molar-refractivity contribution in [2.24, 2.45) is 11.3 Å². The highest BCUT2D eigenvalue weighted by Crippen LogP contribution is 2.47. The molecule has 3 aliphatic rings. The van der Waals surface area contributed by atoms with Gasteiger partial charge in [0.2, 0.25) is 0 Å². The molecule has 1 aliphatic carbocycles. The van der Waals surface area contributed by atoms with Crippen LogP contribution in [0.5, 0.6) is 0 Å². The van der Waals surface area contributed by atoms with Crippen molar-refractivity contribution < 1.29 is 9.47 Å². The lowest BCUT2D eigenvalue weighted by Gasteiger charge is -2.42. The summed E-state index contributed by atoms with van der Waals surface area (Å²) in [6.45, 7) is 11.9. The third kappa shape index (κ3) is 4.29. The van der Waals surface area contributed by atoms with Crippen LogP contribution in [0.3, 0.4) is 0 Å². The van der Waals surface area contributed by atoms with Crippen molar-refractivity contribution in [1.29, 1.82) is 0 Å². The predicted molar refractivity (Wildman–Crippen MR) is 94.5 cm³/mol. The molecule has 134 valence electrons. The fourth-order valence-corrected chi connectivity index (χ4v) is 4.70. The number of hydrogen-bond acceptors (Lipinski definition) is 3. The lowest BCUT2D eigenvalue weighted by molar-refractivity contribution is -0.197. The Balaban J connectivity index is 1.39. The van der Waals surface area contributed by atoms with Crippen LogP contribution in [-0.4, -0.2) is 43.0 Å². The van der Waals surface area contributed by atoms with Gasteiger partial charge >= 0.3 is 0 Å². The molecule has 0 N–H and O–H groups in total. The lowest BCUT2D eigenvalue weighted by Crippen LogP contribution is -2.39. The van der Waals surface area contributed by atoms with Crippen LogP contribution in [0, 0.1) is 11.3 Å². The fraction of sp³-hybridized carbons (Fsp3) is 1.00. The monoisotopic (exact) mass is 323 g/mol. The van der Waals surface area contributed by atoms with E-state index in [0.29, 0.717) is 11.5 Å². The molecule has 2 aliphatic heterocycles. The van der Waals surface area contributed by atoms with Crippen LogP contribution < -0.4 is 0 Å². The first kappa shape index (κ1) is 17.7. The number of nitrogens with zero attached hydrogens (tertiary/aromatic N) is 1. The summed E-state index contributed by atoms with van der Waals surface area (Å²) in [7, 11) is 0. The zero-order chi connectivity index (χ0) is 16.3. The average molecular weight is 324 g/mol. The van der Waals surface area contributed by atoms with Crippen molar-refractivity contribution in [3.8, 4) is 0 Å². The Labute approximate surface area is 143 Å². The smallest absolute Gasteiger partial charge is 0.168 e. The highest BCUT2D eigenvalue weighted by atomic mass is 16.7. The van der Waals surface area contributed by atoms with Crippen LogP contribution in [0.15, 0.2) is 0 Å². The van der Waals surface area contributed by atoms with Gasteiger partial charge in [0.05, 0.1) is 12.7 Å². The Bertz CT molecular complexity index is 368. The molecular formula is C20H37NO2. The molecule has 3 rings (SSSR count). The van der Waals surface area contributed by atoms with E-state index in [-0.39, 0.29) is 5.79 Å². The largest absolute Gasteiger partial charge is 0.347 e. The third-order valence-electron chi connectivity index (χ3n) is 6.88. The van der Waals surface area contributed by atoms with E-state index in [1.54, 1.807) is 0 Å². The van der Waals surface area contributed by atoms with Crippen LogP contribution in [0.25, 0.3) is 0 Å². The molecule has 3 heteroatoms. The van der Waals surface area contributed by atoms with E-state index in [4.69, 9.17) is 9.47 Å². The van der Waals surface area contributed by atoms with Crippen molar-refractivity contribution in [1.82, 2.24) is 4.90 Å². The molecule has 3 fully saturated rings. The minimum Gasteiger partial charge on any atom is -0.347 e. The SMILES string of the molecule is CCC(C)(C)C1CCC2(CC1)OCC(CCCN1CCCC1)O2. The maximum absolute atomic E-state index is 6.41. The van der Waals surface area contributed by atoms with Gasteiger partial charge in [0.1, 0.15) is 0 Å². The Morgan fingerprint density at radius 3 is 2.48 bits per heavy atom. The quantitative estimate of drug-likeness (QED) is 0.713. The van der Waals surface area contributed by atoms with Gasteiger partial charge in [-0.15, -0.1) is 0 Å². The normalized spacial score (nSPS) is 36.1. The molecule has 1 atom stereocenters. The summed E-state index contributed by atoms with van der Waals surface area (Å²) in [4.78, 5) is 2.60. The molecule has 1 saturated carbocycles. The molecule has 0 bridgehead atoms. The molecule has 0 aromatic rings. The molecule has 0 aromatic carbocycles. The number of ether oxygens (including phenoxy) is 2. The molecule has 23 heavy (non-hydrogen) atoms. The lowest BCUT2D eigenvalue weighted by atomic mass is 9.68. The van der Waals surface area contributed by atoms with Gasteiger partial charge < -0.3 is 14.4 Å². The van der Waals surface area contributed by atoms with E-state index < -0.39 is 0 Å². The first-order valence-corrected chi connectivity index (χ1v) is 10.1. The summed E-state index contributed by atoms with van der Waals surface area (Å²) in [6.07, 6.45) is 11.6. The Morgan fingerprint density at radius 1 is 1.13 bits per heavy atom. The third-order valence-corrected chi connectivity index (χ3v) is 6.88. The van der Waals surface area contributed by atoms with Gasteiger partial charge in [0.25, 0.3) is 0 Å². The highest BCUT2D eigenvalue weighted by Gasteiger charge is 2.46. The molecule has 1 spiro atoms. The van der Waals surface area contributed by atoms with Crippen LogP contribution >= 0.6 is 0 Å². The summed E-state index contributed by atoms with van der Waals surface area (Å²) < 4.78 is 12.6. The maximum atomic E-state index is 6.41. The molecule has 1 unspecified atom stereocenters. The summed E-state index contributed by atoms with van der Waals surface area (Å²) >= 11 is 0. The minimum atomic E-state index is -0.224. The van der Waals surface area contributed by atoms with Gasteiger partial charge in [0, 0.05) is 12.8 Å². The van der Waals surface area contributed by atoms with Gasteiger partial charge in [-0.25, -0.2) is 0 Å². The van der Waals surface area contributed by atoms with Crippen molar-refractivity contribution in [2.75, 3.05) is 26.2 Å². The number of rotatable bonds is 6. The van der Waals surface area contributed by atoms with Crippen LogP contribution in [0.2, 0.25) is 0 Å². The van der Waals surface area contributed by atoms with Crippen molar-refractivity contribution in [2.45, 2.75) is 90.4 Å². The number of likely N-dealkylation sites (tertiary alicyclic amines) is 1. The van der Waals surface area contributed by atoms with E-state index in [1.165, 1.54) is 64.6 Å². The zero-order valence-electron chi connectivity index (χ0n) is 15.6. The van der Waals surface area contributed by atoms with Crippen molar-refractivity contribution in [3.05, 3.63) is 0 Å². The first-order valence-electron chi connectivity index (χ1n) is 10.1. The van der Waals surface area contributed by atoms with Gasteiger partial charge in [-0.1, -0.05) is 27.2 Å². The fourth-order valence-electron chi connectivity index (χ4n) is 4.70. The standard InChI is InChI=1S/C20H37NO2/c1-4-19(2,3)17-9-11-20(12-10-17)22-16-18(23-20)8-7-15-21-13-5-6-14-21/h17-18H,4-16H2,1-3H3. The molecule has 0 amide bonds. The second-order valence-electron chi connectivity index (χ2n) is 8.77. The van der Waals surface area contributed by atoms with E-state index in [0.717, 1.165) is 25.4 Å². The Kier molecular flexibility index (Phi) is 5.70. The minimum absolute atomic E-state index is 0.224. The van der Waals surface area contributed by atoms with Crippen LogP contribution in [0.1, 0.15) is 78.6 Å². The van der Waals surface area contributed by atoms with Gasteiger partial charge in [-0.3, -0.25) is 0 Å². The molecule has 2 heterocycles. The second kappa shape index (κ2) is 7.41. The van der Waals surface area contributed by atoms with Crippen LogP contribution in [0.4, 0.5) is 0 Å². The van der Waals surface area contributed by atoms with Crippen LogP contribution in [-0.2, 0) is 9.47 Å². The molecule has 3 nitrogen and oxygen atoms in total. The highest BCUT2D eigenvalue weighted by molar-refractivity contribution is 4.89. The van der Waals surface area contributed by atoms with Gasteiger partial charge in [-0.2, -0.15) is 0 Å². The average Bonchev–Trinajstić information content (AvgIpc) is 3.19. The molecule has 0 aromatic heterocycles. The summed E-state index contributed by atoms with van der Waals surface area (Å²) in [6, 6.07) is 0.